The molecule has 1 amide bonds. The number of hydrogen-bond acceptors (Lipinski definition) is 2. The number of amides is 1. The van der Waals surface area contributed by atoms with Gasteiger partial charge in [0.2, 0.25) is 0 Å². The summed E-state index contributed by atoms with van der Waals surface area (Å²) < 4.78 is 5.32. The Bertz CT molecular complexity index is 448. The van der Waals surface area contributed by atoms with Gasteiger partial charge < -0.3 is 9.64 Å². The predicted octanol–water partition coefficient (Wildman–Crippen LogP) is 3.16. The van der Waals surface area contributed by atoms with Gasteiger partial charge in [0.05, 0.1) is 6.04 Å². The van der Waals surface area contributed by atoms with E-state index in [9.17, 15) is 4.79 Å². The van der Waals surface area contributed by atoms with E-state index in [4.69, 9.17) is 4.74 Å². The highest BCUT2D eigenvalue weighted by molar-refractivity contribution is 9.12. The van der Waals surface area contributed by atoms with Crippen molar-refractivity contribution in [2.45, 2.75) is 22.3 Å². The van der Waals surface area contributed by atoms with Crippen LogP contribution in [0.2, 0.25) is 0 Å². The molecule has 0 bridgehead atoms. The van der Waals surface area contributed by atoms with Crippen LogP contribution < -0.4 is 0 Å². The number of carbonyl (C=O) groups excluding carboxylic acids is 1. The average Bonchev–Trinajstić information content (AvgIpc) is 2.36. The van der Waals surface area contributed by atoms with Crippen molar-refractivity contribution < 1.29 is 9.53 Å². The van der Waals surface area contributed by atoms with Gasteiger partial charge in [-0.25, -0.2) is 4.79 Å². The van der Waals surface area contributed by atoms with Gasteiger partial charge in [-0.05, 0) is 5.56 Å². The van der Waals surface area contributed by atoms with Gasteiger partial charge in [-0.1, -0.05) is 62.2 Å². The summed E-state index contributed by atoms with van der Waals surface area (Å²) in [6.07, 6.45) is -0.205. The third-order valence-corrected chi connectivity index (χ3v) is 6.75. The van der Waals surface area contributed by atoms with E-state index in [1.54, 1.807) is 0 Å². The van der Waals surface area contributed by atoms with Crippen molar-refractivity contribution in [3.05, 3.63) is 35.9 Å². The molecule has 3 nitrogen and oxygen atoms in total. The first-order valence-corrected chi connectivity index (χ1v) is 7.77. The molecule has 1 heterocycles. The van der Waals surface area contributed by atoms with E-state index in [1.807, 2.05) is 35.2 Å². The second-order valence-electron chi connectivity index (χ2n) is 4.74. The number of piperidine rings is 1. The lowest BCUT2D eigenvalue weighted by atomic mass is 9.71. The normalized spacial score (nSPS) is 33.1. The van der Waals surface area contributed by atoms with E-state index < -0.39 is 0 Å². The Balaban J connectivity index is 1.52. The van der Waals surface area contributed by atoms with Crippen molar-refractivity contribution >= 4 is 38.0 Å². The van der Waals surface area contributed by atoms with Crippen molar-refractivity contribution in [3.8, 4) is 0 Å². The van der Waals surface area contributed by atoms with E-state index in [2.05, 4.69) is 31.9 Å². The van der Waals surface area contributed by atoms with E-state index >= 15 is 0 Å². The molecule has 0 unspecified atom stereocenters. The minimum atomic E-state index is -0.205. The fraction of sp³-hybridized carbons (Fsp3) is 0.462. The molecule has 1 saturated heterocycles. The number of rotatable bonds is 2. The lowest BCUT2D eigenvalue weighted by molar-refractivity contribution is -0.0376. The van der Waals surface area contributed by atoms with E-state index in [-0.39, 0.29) is 6.09 Å². The summed E-state index contributed by atoms with van der Waals surface area (Å²) >= 11 is 7.20. The molecule has 18 heavy (non-hydrogen) atoms. The number of hydrogen-bond donors (Lipinski definition) is 0. The zero-order valence-corrected chi connectivity index (χ0v) is 12.8. The second-order valence-corrected chi connectivity index (χ2v) is 6.85. The molecular formula is C13H13Br2NO2. The molecule has 4 atom stereocenters. The summed E-state index contributed by atoms with van der Waals surface area (Å²) in [7, 11) is 0. The van der Waals surface area contributed by atoms with Crippen LogP contribution >= 0.6 is 31.9 Å². The highest BCUT2D eigenvalue weighted by Crippen LogP contribution is 2.50. The van der Waals surface area contributed by atoms with Gasteiger partial charge in [-0.2, -0.15) is 0 Å². The van der Waals surface area contributed by atoms with Gasteiger partial charge in [0.25, 0.3) is 0 Å². The van der Waals surface area contributed by atoms with Crippen LogP contribution in [0.1, 0.15) is 5.56 Å². The molecule has 0 radical (unpaired) electrons. The minimum Gasteiger partial charge on any atom is -0.445 e. The standard InChI is InChI=1S/C13H13Br2NO2/c14-10-9-6-16(12(9)11(10)15)13(17)18-7-8-4-2-1-3-5-8/h1-5,9-12H,6-7H2/t9-,10-,11+,12-/m1/s1. The molecule has 2 aliphatic rings. The minimum absolute atomic E-state index is 0.205. The molecule has 0 N–H and O–H groups in total. The molecule has 1 aliphatic heterocycles. The topological polar surface area (TPSA) is 29.5 Å². The van der Waals surface area contributed by atoms with Gasteiger partial charge in [-0.15, -0.1) is 0 Å². The monoisotopic (exact) mass is 373 g/mol. The van der Waals surface area contributed by atoms with Crippen molar-refractivity contribution in [3.63, 3.8) is 0 Å². The van der Waals surface area contributed by atoms with Crippen LogP contribution in [0.15, 0.2) is 30.3 Å². The van der Waals surface area contributed by atoms with Crippen molar-refractivity contribution in [2.75, 3.05) is 6.54 Å². The zero-order valence-electron chi connectivity index (χ0n) is 9.63. The molecule has 2 fully saturated rings. The number of benzene rings is 1. The summed E-state index contributed by atoms with van der Waals surface area (Å²) in [5, 5.41) is 0. The quantitative estimate of drug-likeness (QED) is 0.744. The van der Waals surface area contributed by atoms with Gasteiger partial charge in [0.1, 0.15) is 6.61 Å². The summed E-state index contributed by atoms with van der Waals surface area (Å²) in [5.74, 6) is 0.582. The van der Waals surface area contributed by atoms with Crippen LogP contribution in [0.25, 0.3) is 0 Å². The molecule has 5 heteroatoms. The summed E-state index contributed by atoms with van der Waals surface area (Å²) in [6, 6.07) is 10.1. The van der Waals surface area contributed by atoms with Crippen LogP contribution in [0.4, 0.5) is 4.79 Å². The highest BCUT2D eigenvalue weighted by atomic mass is 79.9. The molecule has 1 aliphatic carbocycles. The number of carbonyl (C=O) groups is 1. The molecule has 96 valence electrons. The van der Waals surface area contributed by atoms with E-state index in [1.165, 1.54) is 0 Å². The first-order valence-electron chi connectivity index (χ1n) is 5.94. The number of alkyl halides is 2. The molecule has 1 aromatic carbocycles. The molecule has 0 spiro atoms. The molecule has 1 aromatic rings. The maximum Gasteiger partial charge on any atom is 0.410 e. The largest absolute Gasteiger partial charge is 0.445 e. The van der Waals surface area contributed by atoms with Gasteiger partial charge in [-0.3, -0.25) is 0 Å². The van der Waals surface area contributed by atoms with Gasteiger partial charge >= 0.3 is 6.09 Å². The smallest absolute Gasteiger partial charge is 0.410 e. The van der Waals surface area contributed by atoms with Gasteiger partial charge in [0.15, 0.2) is 0 Å². The Labute approximate surface area is 123 Å². The third-order valence-electron chi connectivity index (χ3n) is 3.69. The fourth-order valence-electron chi connectivity index (χ4n) is 2.52. The maximum atomic E-state index is 11.9. The van der Waals surface area contributed by atoms with Crippen LogP contribution in [-0.2, 0) is 11.3 Å². The van der Waals surface area contributed by atoms with Crippen molar-refractivity contribution in [1.29, 1.82) is 0 Å². The summed E-state index contributed by atoms with van der Waals surface area (Å²) in [6.45, 7) is 1.15. The first-order chi connectivity index (χ1) is 8.68. The molecule has 1 saturated carbocycles. The summed E-state index contributed by atoms with van der Waals surface area (Å²) in [5.41, 5.74) is 1.02. The number of ether oxygens (including phenoxy) is 1. The molecule has 0 aromatic heterocycles. The van der Waals surface area contributed by atoms with E-state index in [0.717, 1.165) is 12.1 Å². The number of nitrogens with zero attached hydrogens (tertiary/aromatic N) is 1. The molecular weight excluding hydrogens is 362 g/mol. The third kappa shape index (κ3) is 1.97. The Morgan fingerprint density at radius 3 is 2.67 bits per heavy atom. The Hall–Kier alpha value is -0.550. The highest BCUT2D eigenvalue weighted by Gasteiger charge is 2.60. The lowest BCUT2D eigenvalue weighted by Crippen LogP contribution is -2.75. The number of halogens is 2. The Morgan fingerprint density at radius 1 is 1.28 bits per heavy atom. The van der Waals surface area contributed by atoms with E-state index in [0.29, 0.717) is 28.2 Å². The second kappa shape index (κ2) is 4.85. The molecule has 3 rings (SSSR count). The lowest BCUT2D eigenvalue weighted by Gasteiger charge is -2.60. The van der Waals surface area contributed by atoms with Crippen LogP contribution in [0, 0.1) is 5.92 Å². The number of fused-ring (bicyclic) bond motifs is 1. The average molecular weight is 375 g/mol. The fourth-order valence-corrected chi connectivity index (χ4v) is 4.39. The summed E-state index contributed by atoms with van der Waals surface area (Å²) in [4.78, 5) is 14.6. The Kier molecular flexibility index (Phi) is 3.36. The first kappa shape index (κ1) is 12.5. The SMILES string of the molecule is O=C(OCc1ccccc1)N1C[C@@H]2[C@@H](Br)[C@H](Br)[C@@H]21. The predicted molar refractivity (Wildman–Crippen MR) is 76.0 cm³/mol. The van der Waals surface area contributed by atoms with Crippen LogP contribution in [0.5, 0.6) is 0 Å². The van der Waals surface area contributed by atoms with Crippen molar-refractivity contribution in [1.82, 2.24) is 4.90 Å². The Morgan fingerprint density at radius 2 is 2.00 bits per heavy atom. The van der Waals surface area contributed by atoms with Crippen LogP contribution in [0.3, 0.4) is 0 Å². The van der Waals surface area contributed by atoms with Crippen molar-refractivity contribution in [2.24, 2.45) is 5.92 Å². The van der Waals surface area contributed by atoms with Gasteiger partial charge in [0, 0.05) is 22.1 Å². The number of likely N-dealkylation sites (tertiary alicyclic amines) is 1. The van der Waals surface area contributed by atoms with Crippen LogP contribution in [-0.4, -0.2) is 33.2 Å². The zero-order chi connectivity index (χ0) is 12.7. The maximum absolute atomic E-state index is 11.9.